The Kier molecular flexibility index (Phi) is 17.4. The van der Waals surface area contributed by atoms with Crippen LogP contribution in [0, 0.1) is 0 Å². The molecule has 4 rings (SSSR count). The third kappa shape index (κ3) is 13.7. The second-order valence-corrected chi connectivity index (χ2v) is 14.4. The normalized spacial score (nSPS) is 11.3. The fraction of sp³-hybridized carbons (Fsp3) is 0.489. The van der Waals surface area contributed by atoms with Crippen LogP contribution >= 0.6 is 0 Å². The lowest BCUT2D eigenvalue weighted by Gasteiger charge is -2.17. The number of phenols is 2. The molecule has 0 aliphatic rings. The molecule has 0 saturated heterocycles. The maximum atomic E-state index is 11.7. The molecule has 264 valence electrons. The Morgan fingerprint density at radius 3 is 1.08 bits per heavy atom. The fourth-order valence-electron chi connectivity index (χ4n) is 7.23. The first-order chi connectivity index (χ1) is 24.1. The summed E-state index contributed by atoms with van der Waals surface area (Å²) < 4.78 is 0. The van der Waals surface area contributed by atoms with Gasteiger partial charge >= 0.3 is 0 Å². The van der Waals surface area contributed by atoms with Crippen molar-refractivity contribution < 1.29 is 10.2 Å². The number of hydrogen-bond donors (Lipinski definition) is 2. The van der Waals surface area contributed by atoms with E-state index in [1.807, 2.05) is 0 Å². The summed E-state index contributed by atoms with van der Waals surface area (Å²) in [5.41, 5.74) is 9.16. The molecule has 0 spiro atoms. The summed E-state index contributed by atoms with van der Waals surface area (Å²) in [6.45, 7) is 4.55. The summed E-state index contributed by atoms with van der Waals surface area (Å²) >= 11 is 0. The van der Waals surface area contributed by atoms with Crippen LogP contribution in [0.25, 0.3) is 0 Å². The van der Waals surface area contributed by atoms with Gasteiger partial charge in [0.25, 0.3) is 0 Å². The van der Waals surface area contributed by atoms with Gasteiger partial charge < -0.3 is 10.2 Å². The largest absolute Gasteiger partial charge is 0.507 e. The van der Waals surface area contributed by atoms with Crippen LogP contribution in [0.2, 0.25) is 0 Å². The summed E-state index contributed by atoms with van der Waals surface area (Å²) in [4.78, 5) is 0. The second kappa shape index (κ2) is 22.2. The monoisotopic (exact) mass is 660 g/mol. The van der Waals surface area contributed by atoms with Crippen molar-refractivity contribution in [2.45, 2.75) is 149 Å². The molecule has 2 nitrogen and oxygen atoms in total. The predicted molar refractivity (Wildman–Crippen MR) is 210 cm³/mol. The summed E-state index contributed by atoms with van der Waals surface area (Å²) in [6.07, 6.45) is 24.1. The van der Waals surface area contributed by atoms with Crippen LogP contribution in [0.15, 0.2) is 84.9 Å². The molecule has 4 aromatic carbocycles. The third-order valence-electron chi connectivity index (χ3n) is 10.2. The average Bonchev–Trinajstić information content (AvgIpc) is 3.12. The number of unbranched alkanes of at least 4 members (excludes halogenated alkanes) is 12. The molecule has 0 heterocycles. The molecule has 0 bridgehead atoms. The van der Waals surface area contributed by atoms with Crippen LogP contribution < -0.4 is 0 Å². The lowest BCUT2D eigenvalue weighted by atomic mass is 9.90. The van der Waals surface area contributed by atoms with E-state index in [1.54, 1.807) is 0 Å². The maximum absolute atomic E-state index is 11.7. The number of rotatable bonds is 24. The van der Waals surface area contributed by atoms with Crippen molar-refractivity contribution in [3.8, 4) is 11.5 Å². The van der Waals surface area contributed by atoms with E-state index in [4.69, 9.17) is 0 Å². The van der Waals surface area contributed by atoms with Crippen molar-refractivity contribution in [3.05, 3.63) is 129 Å². The maximum Gasteiger partial charge on any atom is 0.122 e. The average molecular weight is 661 g/mol. The van der Waals surface area contributed by atoms with Crippen molar-refractivity contribution >= 4 is 0 Å². The van der Waals surface area contributed by atoms with Crippen LogP contribution in [0.5, 0.6) is 11.5 Å². The van der Waals surface area contributed by atoms with Gasteiger partial charge in [-0.15, -0.1) is 0 Å². The van der Waals surface area contributed by atoms with Gasteiger partial charge in [-0.2, -0.15) is 0 Å². The molecule has 0 aliphatic carbocycles. The van der Waals surface area contributed by atoms with Crippen molar-refractivity contribution in [2.75, 3.05) is 0 Å². The van der Waals surface area contributed by atoms with Crippen LogP contribution in [0.3, 0.4) is 0 Å². The molecular weight excluding hydrogens is 597 g/mol. The van der Waals surface area contributed by atoms with Gasteiger partial charge in [-0.25, -0.2) is 0 Å². The second-order valence-electron chi connectivity index (χ2n) is 14.4. The van der Waals surface area contributed by atoms with Crippen molar-refractivity contribution in [3.63, 3.8) is 0 Å². The van der Waals surface area contributed by atoms with E-state index in [9.17, 15) is 10.2 Å². The standard InChI is InChI=1S/C47H64O2/c1-3-5-7-9-11-13-17-27-40-33-42(31-29-38-23-19-15-20-24-38)46(48)44(35-40)37-45-36-41(28-18-14-12-10-8-6-4-2)34-43(47(45)49)32-30-39-25-21-16-22-26-39/h15-16,19-26,33-36,48-49H,3-14,17-18,27-32,37H2,1-2H3. The zero-order chi connectivity index (χ0) is 34.5. The number of phenolic OH excluding ortho intramolecular Hbond substituents is 2. The molecule has 0 radical (unpaired) electrons. The highest BCUT2D eigenvalue weighted by molar-refractivity contribution is 5.51. The van der Waals surface area contributed by atoms with Gasteiger partial charge in [0, 0.05) is 6.42 Å². The highest BCUT2D eigenvalue weighted by atomic mass is 16.3. The number of hydrogen-bond acceptors (Lipinski definition) is 2. The molecule has 2 N–H and O–H groups in total. The van der Waals surface area contributed by atoms with E-state index in [-0.39, 0.29) is 0 Å². The Balaban J connectivity index is 1.55. The van der Waals surface area contributed by atoms with Gasteiger partial charge in [-0.05, 0) is 95.9 Å². The van der Waals surface area contributed by atoms with Crippen LogP contribution in [0.1, 0.15) is 148 Å². The SMILES string of the molecule is CCCCCCCCCc1cc(CCc2ccccc2)c(O)c(Cc2cc(CCCCCCCCC)cc(CCc3ccccc3)c2O)c1. The Bertz CT molecular complexity index is 1360. The first kappa shape index (κ1) is 38.3. The number of aryl methyl sites for hydroxylation is 6. The minimum Gasteiger partial charge on any atom is -0.507 e. The molecule has 0 aromatic heterocycles. The van der Waals surface area contributed by atoms with E-state index >= 15 is 0 Å². The van der Waals surface area contributed by atoms with E-state index < -0.39 is 0 Å². The first-order valence-corrected chi connectivity index (χ1v) is 19.8. The lowest BCUT2D eigenvalue weighted by molar-refractivity contribution is 0.455. The highest BCUT2D eigenvalue weighted by Crippen LogP contribution is 2.34. The molecule has 0 unspecified atom stereocenters. The summed E-state index contributed by atoms with van der Waals surface area (Å²) in [7, 11) is 0. The van der Waals surface area contributed by atoms with Gasteiger partial charge in [-0.3, -0.25) is 0 Å². The van der Waals surface area contributed by atoms with Crippen LogP contribution in [-0.2, 0) is 44.9 Å². The van der Waals surface area contributed by atoms with Crippen molar-refractivity contribution in [1.29, 1.82) is 0 Å². The van der Waals surface area contributed by atoms with Crippen molar-refractivity contribution in [1.82, 2.24) is 0 Å². The molecule has 0 saturated carbocycles. The summed E-state index contributed by atoms with van der Waals surface area (Å²) in [5, 5.41) is 23.4. The van der Waals surface area contributed by atoms with Gasteiger partial charge in [-0.1, -0.05) is 176 Å². The summed E-state index contributed by atoms with van der Waals surface area (Å²) in [5.74, 6) is 0.809. The smallest absolute Gasteiger partial charge is 0.122 e. The molecule has 0 amide bonds. The fourth-order valence-corrected chi connectivity index (χ4v) is 7.23. The first-order valence-electron chi connectivity index (χ1n) is 19.8. The molecule has 4 aromatic rings. The highest BCUT2D eigenvalue weighted by Gasteiger charge is 2.16. The molecular formula is C47H64O2. The Morgan fingerprint density at radius 2 is 0.694 bits per heavy atom. The van der Waals surface area contributed by atoms with Gasteiger partial charge in [0.2, 0.25) is 0 Å². The zero-order valence-corrected chi connectivity index (χ0v) is 30.8. The van der Waals surface area contributed by atoms with Crippen molar-refractivity contribution in [2.24, 2.45) is 0 Å². The predicted octanol–water partition coefficient (Wildman–Crippen LogP) is 12.8. The molecule has 2 heteroatoms. The number of aromatic hydroxyl groups is 2. The minimum absolute atomic E-state index is 0.405. The topological polar surface area (TPSA) is 40.5 Å². The van der Waals surface area contributed by atoms with E-state index in [0.29, 0.717) is 17.9 Å². The van der Waals surface area contributed by atoms with Gasteiger partial charge in [0.05, 0.1) is 0 Å². The summed E-state index contributed by atoms with van der Waals surface area (Å²) in [6, 6.07) is 30.1. The van der Waals surface area contributed by atoms with Gasteiger partial charge in [0.1, 0.15) is 11.5 Å². The minimum atomic E-state index is 0.405. The third-order valence-corrected chi connectivity index (χ3v) is 10.2. The quantitative estimate of drug-likeness (QED) is 0.0734. The number of benzene rings is 4. The van der Waals surface area contributed by atoms with Crippen LogP contribution in [-0.4, -0.2) is 10.2 Å². The molecule has 49 heavy (non-hydrogen) atoms. The van der Waals surface area contributed by atoms with Crippen LogP contribution in [0.4, 0.5) is 0 Å². The Hall–Kier alpha value is -3.52. The Labute approximate surface area is 299 Å². The zero-order valence-electron chi connectivity index (χ0n) is 30.8. The lowest BCUT2D eigenvalue weighted by Crippen LogP contribution is -2.02. The molecule has 0 aliphatic heterocycles. The van der Waals surface area contributed by atoms with E-state index in [0.717, 1.165) is 60.8 Å². The molecule has 0 fully saturated rings. The van der Waals surface area contributed by atoms with E-state index in [1.165, 1.54) is 112 Å². The molecule has 0 atom stereocenters. The van der Waals surface area contributed by atoms with E-state index in [2.05, 4.69) is 98.8 Å². The Morgan fingerprint density at radius 1 is 0.347 bits per heavy atom. The van der Waals surface area contributed by atoms with Gasteiger partial charge in [0.15, 0.2) is 0 Å².